The lowest BCUT2D eigenvalue weighted by atomic mass is 10.00. The molecule has 0 spiro atoms. The Bertz CT molecular complexity index is 107. The molecule has 0 amide bonds. The molecule has 1 atom stereocenters. The SMILES string of the molecule is CCCCCC(CC)COP=O. The Hall–Kier alpha value is 0.0600. The smallest absolute Gasteiger partial charge is 0.294 e. The van der Waals surface area contributed by atoms with E-state index in [0.29, 0.717) is 12.5 Å². The topological polar surface area (TPSA) is 26.3 Å². The van der Waals surface area contributed by atoms with E-state index >= 15 is 0 Å². The molecule has 0 heterocycles. The number of hydrogen-bond acceptors (Lipinski definition) is 2. The highest BCUT2D eigenvalue weighted by atomic mass is 31.1. The summed E-state index contributed by atoms with van der Waals surface area (Å²) in [7, 11) is -0.178. The van der Waals surface area contributed by atoms with Crippen LogP contribution in [0.2, 0.25) is 0 Å². The van der Waals surface area contributed by atoms with Crippen LogP contribution in [0.3, 0.4) is 0 Å². The molecule has 0 rings (SSSR count). The van der Waals surface area contributed by atoms with Crippen LogP contribution < -0.4 is 0 Å². The number of rotatable bonds is 8. The van der Waals surface area contributed by atoms with Crippen molar-refractivity contribution >= 4 is 8.69 Å². The summed E-state index contributed by atoms with van der Waals surface area (Å²) in [6.45, 7) is 5.00. The van der Waals surface area contributed by atoms with Gasteiger partial charge in [0.15, 0.2) is 0 Å². The van der Waals surface area contributed by atoms with Crippen molar-refractivity contribution in [3.63, 3.8) is 0 Å². The molecule has 12 heavy (non-hydrogen) atoms. The van der Waals surface area contributed by atoms with Crippen LogP contribution in [0.5, 0.6) is 0 Å². The summed E-state index contributed by atoms with van der Waals surface area (Å²) in [6.07, 6.45) is 6.16. The molecule has 0 bridgehead atoms. The lowest BCUT2D eigenvalue weighted by molar-refractivity contribution is 0.251. The van der Waals surface area contributed by atoms with Gasteiger partial charge in [0.1, 0.15) is 0 Å². The van der Waals surface area contributed by atoms with Gasteiger partial charge in [0.05, 0.1) is 6.61 Å². The van der Waals surface area contributed by atoms with Crippen molar-refractivity contribution in [3.05, 3.63) is 0 Å². The van der Waals surface area contributed by atoms with Gasteiger partial charge in [-0.25, -0.2) is 4.57 Å². The molecule has 0 aliphatic heterocycles. The first-order valence-corrected chi connectivity index (χ1v) is 5.52. The average molecular weight is 190 g/mol. The molecule has 0 aromatic carbocycles. The van der Waals surface area contributed by atoms with Gasteiger partial charge in [0.2, 0.25) is 0 Å². The van der Waals surface area contributed by atoms with Crippen LogP contribution in [0.1, 0.15) is 46.0 Å². The van der Waals surface area contributed by atoms with Crippen molar-refractivity contribution in [1.29, 1.82) is 0 Å². The van der Waals surface area contributed by atoms with Gasteiger partial charge in [-0.3, -0.25) is 4.52 Å². The molecule has 0 aromatic rings. The second kappa shape index (κ2) is 9.15. The second-order valence-corrected chi connectivity index (χ2v) is 3.55. The molecule has 72 valence electrons. The highest BCUT2D eigenvalue weighted by Crippen LogP contribution is 2.15. The molecule has 0 radical (unpaired) electrons. The minimum atomic E-state index is -0.178. The van der Waals surface area contributed by atoms with Gasteiger partial charge in [-0.2, -0.15) is 0 Å². The summed E-state index contributed by atoms with van der Waals surface area (Å²) in [4.78, 5) is 0. The lowest BCUT2D eigenvalue weighted by Crippen LogP contribution is -2.04. The minimum absolute atomic E-state index is 0.178. The zero-order valence-corrected chi connectivity index (χ0v) is 8.98. The summed E-state index contributed by atoms with van der Waals surface area (Å²) >= 11 is 0. The lowest BCUT2D eigenvalue weighted by Gasteiger charge is -2.11. The number of hydrogen-bond donors (Lipinski definition) is 0. The maximum Gasteiger partial charge on any atom is 0.327 e. The van der Waals surface area contributed by atoms with E-state index in [-0.39, 0.29) is 8.69 Å². The molecule has 1 unspecified atom stereocenters. The monoisotopic (exact) mass is 190 g/mol. The van der Waals surface area contributed by atoms with Crippen molar-refractivity contribution in [2.75, 3.05) is 6.61 Å². The zero-order chi connectivity index (χ0) is 9.23. The van der Waals surface area contributed by atoms with Gasteiger partial charge in [-0.15, -0.1) is 0 Å². The predicted octanol–water partition coefficient (Wildman–Crippen LogP) is 3.82. The highest BCUT2D eigenvalue weighted by molar-refractivity contribution is 7.17. The normalized spacial score (nSPS) is 13.5. The first-order valence-electron chi connectivity index (χ1n) is 4.79. The van der Waals surface area contributed by atoms with E-state index < -0.39 is 0 Å². The molecule has 0 aliphatic carbocycles. The number of unbranched alkanes of at least 4 members (excludes halogenated alkanes) is 2. The summed E-state index contributed by atoms with van der Waals surface area (Å²) in [5.41, 5.74) is 0. The average Bonchev–Trinajstić information content (AvgIpc) is 2.11. The molecule has 0 saturated heterocycles. The van der Waals surface area contributed by atoms with Crippen LogP contribution >= 0.6 is 8.69 Å². The van der Waals surface area contributed by atoms with E-state index in [2.05, 4.69) is 13.8 Å². The van der Waals surface area contributed by atoms with Crippen molar-refractivity contribution in [2.24, 2.45) is 5.92 Å². The van der Waals surface area contributed by atoms with E-state index in [9.17, 15) is 4.57 Å². The molecule has 0 saturated carbocycles. The summed E-state index contributed by atoms with van der Waals surface area (Å²) in [5.74, 6) is 0.595. The highest BCUT2D eigenvalue weighted by Gasteiger charge is 2.05. The van der Waals surface area contributed by atoms with Gasteiger partial charge in [-0.1, -0.05) is 39.5 Å². The molecular formula is C9H19O2P. The van der Waals surface area contributed by atoms with Crippen LogP contribution in [0.25, 0.3) is 0 Å². The molecule has 0 aromatic heterocycles. The Balaban J connectivity index is 3.32. The standard InChI is InChI=1S/C9H19O2P/c1-3-5-6-7-9(4-2)8-11-12-10/h9H,3-8H2,1-2H3. The van der Waals surface area contributed by atoms with Crippen LogP contribution in [0.4, 0.5) is 0 Å². The van der Waals surface area contributed by atoms with Gasteiger partial charge in [0, 0.05) is 0 Å². The van der Waals surface area contributed by atoms with E-state index in [4.69, 9.17) is 4.52 Å². The first kappa shape index (κ1) is 12.1. The zero-order valence-electron chi connectivity index (χ0n) is 8.08. The van der Waals surface area contributed by atoms with Crippen molar-refractivity contribution in [1.82, 2.24) is 0 Å². The summed E-state index contributed by atoms with van der Waals surface area (Å²) in [5, 5.41) is 0. The second-order valence-electron chi connectivity index (χ2n) is 3.14. The Labute approximate surface area is 77.0 Å². The molecule has 0 N–H and O–H groups in total. The fourth-order valence-corrected chi connectivity index (χ4v) is 1.50. The molecular weight excluding hydrogens is 171 g/mol. The third-order valence-corrected chi connectivity index (χ3v) is 2.41. The molecule has 0 fully saturated rings. The van der Waals surface area contributed by atoms with Crippen LogP contribution in [0, 0.1) is 5.92 Å². The van der Waals surface area contributed by atoms with E-state index in [1.165, 1.54) is 25.7 Å². The Morgan fingerprint density at radius 3 is 2.58 bits per heavy atom. The van der Waals surface area contributed by atoms with Crippen LogP contribution in [0.15, 0.2) is 0 Å². The Morgan fingerprint density at radius 2 is 2.08 bits per heavy atom. The summed E-state index contributed by atoms with van der Waals surface area (Å²) in [6, 6.07) is 0. The summed E-state index contributed by atoms with van der Waals surface area (Å²) < 4.78 is 14.9. The maximum absolute atomic E-state index is 10.0. The fourth-order valence-electron chi connectivity index (χ4n) is 1.22. The van der Waals surface area contributed by atoms with Crippen LogP contribution in [-0.4, -0.2) is 6.61 Å². The van der Waals surface area contributed by atoms with Gasteiger partial charge in [-0.05, 0) is 12.3 Å². The third kappa shape index (κ3) is 6.75. The Morgan fingerprint density at radius 1 is 1.33 bits per heavy atom. The van der Waals surface area contributed by atoms with Gasteiger partial charge >= 0.3 is 8.69 Å². The molecule has 0 aliphatic rings. The predicted molar refractivity (Wildman–Crippen MR) is 51.5 cm³/mol. The van der Waals surface area contributed by atoms with E-state index in [0.717, 1.165) is 6.42 Å². The van der Waals surface area contributed by atoms with E-state index in [1.54, 1.807) is 0 Å². The minimum Gasteiger partial charge on any atom is -0.294 e. The largest absolute Gasteiger partial charge is 0.327 e. The van der Waals surface area contributed by atoms with Gasteiger partial charge in [0.25, 0.3) is 0 Å². The van der Waals surface area contributed by atoms with Gasteiger partial charge < -0.3 is 0 Å². The first-order chi connectivity index (χ1) is 5.85. The third-order valence-electron chi connectivity index (χ3n) is 2.16. The maximum atomic E-state index is 10.0. The quantitative estimate of drug-likeness (QED) is 0.429. The van der Waals surface area contributed by atoms with Crippen molar-refractivity contribution in [2.45, 2.75) is 46.0 Å². The fraction of sp³-hybridized carbons (Fsp3) is 1.00. The van der Waals surface area contributed by atoms with Crippen LogP contribution in [-0.2, 0) is 9.09 Å². The molecule has 3 heteroatoms. The van der Waals surface area contributed by atoms with Crippen molar-refractivity contribution in [3.8, 4) is 0 Å². The van der Waals surface area contributed by atoms with E-state index in [1.807, 2.05) is 0 Å². The van der Waals surface area contributed by atoms with Crippen molar-refractivity contribution < 1.29 is 9.09 Å². The Kier molecular flexibility index (Phi) is 9.20. The molecule has 2 nitrogen and oxygen atoms in total.